The standard InChI is InChI=1S/C10H12N4O2/c1-3-6(10(15)16)8-7-4-13-14(2)9(7)12-5-11-8/h4-6H,3H2,1-2H3,(H,15,16). The summed E-state index contributed by atoms with van der Waals surface area (Å²) in [7, 11) is 1.76. The molecular weight excluding hydrogens is 208 g/mol. The smallest absolute Gasteiger partial charge is 0.312 e. The minimum atomic E-state index is -0.869. The first-order valence-corrected chi connectivity index (χ1v) is 5.00. The number of aromatic nitrogens is 4. The third-order valence-corrected chi connectivity index (χ3v) is 2.60. The Morgan fingerprint density at radius 2 is 2.31 bits per heavy atom. The molecule has 1 unspecified atom stereocenters. The fourth-order valence-electron chi connectivity index (χ4n) is 1.74. The van der Waals surface area contributed by atoms with E-state index in [0.717, 1.165) is 0 Å². The highest BCUT2D eigenvalue weighted by molar-refractivity contribution is 5.85. The zero-order valence-corrected chi connectivity index (χ0v) is 9.08. The summed E-state index contributed by atoms with van der Waals surface area (Å²) in [5, 5.41) is 13.9. The molecule has 0 radical (unpaired) electrons. The van der Waals surface area contributed by atoms with Crippen LogP contribution in [0.2, 0.25) is 0 Å². The maximum absolute atomic E-state index is 11.1. The van der Waals surface area contributed by atoms with E-state index in [-0.39, 0.29) is 0 Å². The van der Waals surface area contributed by atoms with Crippen LogP contribution >= 0.6 is 0 Å². The Balaban J connectivity index is 2.63. The average molecular weight is 220 g/mol. The van der Waals surface area contributed by atoms with Gasteiger partial charge in [0.05, 0.1) is 23.2 Å². The van der Waals surface area contributed by atoms with Crippen LogP contribution in [0, 0.1) is 0 Å². The number of aliphatic carboxylic acids is 1. The second-order valence-corrected chi connectivity index (χ2v) is 3.56. The fourth-order valence-corrected chi connectivity index (χ4v) is 1.74. The van der Waals surface area contributed by atoms with Gasteiger partial charge in [0.15, 0.2) is 5.65 Å². The van der Waals surface area contributed by atoms with E-state index in [0.29, 0.717) is 23.1 Å². The number of carboxylic acid groups (broad SMARTS) is 1. The molecule has 0 spiro atoms. The molecule has 6 nitrogen and oxygen atoms in total. The van der Waals surface area contributed by atoms with Gasteiger partial charge in [-0.1, -0.05) is 6.92 Å². The van der Waals surface area contributed by atoms with E-state index in [9.17, 15) is 4.79 Å². The van der Waals surface area contributed by atoms with Crippen LogP contribution in [0.25, 0.3) is 11.0 Å². The van der Waals surface area contributed by atoms with E-state index in [4.69, 9.17) is 5.11 Å². The van der Waals surface area contributed by atoms with Crippen LogP contribution in [-0.4, -0.2) is 30.8 Å². The summed E-state index contributed by atoms with van der Waals surface area (Å²) < 4.78 is 1.61. The summed E-state index contributed by atoms with van der Waals surface area (Å²) in [6.45, 7) is 1.82. The Bertz CT molecular complexity index is 535. The zero-order valence-electron chi connectivity index (χ0n) is 9.08. The first-order valence-electron chi connectivity index (χ1n) is 5.00. The Labute approximate surface area is 91.9 Å². The summed E-state index contributed by atoms with van der Waals surface area (Å²) >= 11 is 0. The molecule has 16 heavy (non-hydrogen) atoms. The van der Waals surface area contributed by atoms with E-state index in [2.05, 4.69) is 15.1 Å². The van der Waals surface area contributed by atoms with Crippen LogP contribution in [-0.2, 0) is 11.8 Å². The van der Waals surface area contributed by atoms with Crippen molar-refractivity contribution in [2.24, 2.45) is 7.05 Å². The van der Waals surface area contributed by atoms with Crippen molar-refractivity contribution in [2.75, 3.05) is 0 Å². The van der Waals surface area contributed by atoms with Crippen molar-refractivity contribution in [1.29, 1.82) is 0 Å². The lowest BCUT2D eigenvalue weighted by Gasteiger charge is -2.09. The molecule has 2 heterocycles. The minimum absolute atomic E-state index is 0.496. The van der Waals surface area contributed by atoms with Crippen molar-refractivity contribution in [2.45, 2.75) is 19.3 Å². The van der Waals surface area contributed by atoms with Crippen LogP contribution < -0.4 is 0 Å². The first-order chi connectivity index (χ1) is 7.65. The second-order valence-electron chi connectivity index (χ2n) is 3.56. The summed E-state index contributed by atoms with van der Waals surface area (Å²) in [5.74, 6) is -1.47. The number of fused-ring (bicyclic) bond motifs is 1. The largest absolute Gasteiger partial charge is 0.481 e. The molecule has 2 aromatic rings. The number of hydrogen-bond acceptors (Lipinski definition) is 4. The van der Waals surface area contributed by atoms with E-state index >= 15 is 0 Å². The van der Waals surface area contributed by atoms with Crippen molar-refractivity contribution in [3.63, 3.8) is 0 Å². The molecule has 2 aromatic heterocycles. The monoisotopic (exact) mass is 220 g/mol. The molecular formula is C10H12N4O2. The quantitative estimate of drug-likeness (QED) is 0.832. The SMILES string of the molecule is CCC(C(=O)O)c1ncnc2c1cnn2C. The Morgan fingerprint density at radius 1 is 1.56 bits per heavy atom. The lowest BCUT2D eigenvalue weighted by molar-refractivity contribution is -0.138. The average Bonchev–Trinajstić information content (AvgIpc) is 2.62. The Morgan fingerprint density at radius 3 is 2.94 bits per heavy atom. The van der Waals surface area contributed by atoms with Gasteiger partial charge in [0.2, 0.25) is 0 Å². The lowest BCUT2D eigenvalue weighted by Crippen LogP contribution is -2.12. The maximum Gasteiger partial charge on any atom is 0.312 e. The van der Waals surface area contributed by atoms with E-state index in [1.807, 2.05) is 6.92 Å². The van der Waals surface area contributed by atoms with Gasteiger partial charge in [0, 0.05) is 7.05 Å². The molecule has 2 rings (SSSR count). The fraction of sp³-hybridized carbons (Fsp3) is 0.400. The number of carboxylic acids is 1. The highest BCUT2D eigenvalue weighted by atomic mass is 16.4. The van der Waals surface area contributed by atoms with Gasteiger partial charge in [-0.25, -0.2) is 9.97 Å². The number of aryl methyl sites for hydroxylation is 1. The van der Waals surface area contributed by atoms with Crippen LogP contribution in [0.15, 0.2) is 12.5 Å². The van der Waals surface area contributed by atoms with Crippen LogP contribution in [0.1, 0.15) is 25.0 Å². The molecule has 1 atom stereocenters. The molecule has 0 saturated carbocycles. The van der Waals surface area contributed by atoms with Crippen molar-refractivity contribution in [3.8, 4) is 0 Å². The van der Waals surface area contributed by atoms with Crippen molar-refractivity contribution >= 4 is 17.0 Å². The van der Waals surface area contributed by atoms with E-state index in [1.165, 1.54) is 6.33 Å². The van der Waals surface area contributed by atoms with Crippen molar-refractivity contribution in [3.05, 3.63) is 18.2 Å². The predicted octanol–water partition coefficient (Wildman–Crippen LogP) is 0.942. The van der Waals surface area contributed by atoms with E-state index in [1.54, 1.807) is 17.9 Å². The maximum atomic E-state index is 11.1. The normalized spacial score (nSPS) is 12.9. The molecule has 84 valence electrons. The summed E-state index contributed by atoms with van der Waals surface area (Å²) in [5.41, 5.74) is 1.19. The van der Waals surface area contributed by atoms with Gasteiger partial charge in [0.1, 0.15) is 6.33 Å². The Hall–Kier alpha value is -1.98. The van der Waals surface area contributed by atoms with Crippen molar-refractivity contribution in [1.82, 2.24) is 19.7 Å². The first kappa shape index (κ1) is 10.5. The lowest BCUT2D eigenvalue weighted by atomic mass is 10.0. The third-order valence-electron chi connectivity index (χ3n) is 2.60. The molecule has 0 amide bonds. The topological polar surface area (TPSA) is 80.9 Å². The minimum Gasteiger partial charge on any atom is -0.481 e. The molecule has 0 aliphatic heterocycles. The van der Waals surface area contributed by atoms with Gasteiger partial charge in [-0.05, 0) is 6.42 Å². The molecule has 6 heteroatoms. The van der Waals surface area contributed by atoms with E-state index < -0.39 is 11.9 Å². The van der Waals surface area contributed by atoms with Gasteiger partial charge >= 0.3 is 5.97 Å². The van der Waals surface area contributed by atoms with Gasteiger partial charge < -0.3 is 5.11 Å². The Kier molecular flexibility index (Phi) is 2.55. The summed E-state index contributed by atoms with van der Waals surface area (Å²) in [4.78, 5) is 19.2. The van der Waals surface area contributed by atoms with Crippen LogP contribution in [0.5, 0.6) is 0 Å². The van der Waals surface area contributed by atoms with Gasteiger partial charge in [-0.3, -0.25) is 9.48 Å². The summed E-state index contributed by atoms with van der Waals surface area (Å²) in [6.07, 6.45) is 3.48. The van der Waals surface area contributed by atoms with Crippen LogP contribution in [0.3, 0.4) is 0 Å². The number of carbonyl (C=O) groups is 1. The van der Waals surface area contributed by atoms with Crippen LogP contribution in [0.4, 0.5) is 0 Å². The second kappa shape index (κ2) is 3.88. The molecule has 0 fully saturated rings. The summed E-state index contributed by atoms with van der Waals surface area (Å²) in [6, 6.07) is 0. The van der Waals surface area contributed by atoms with Crippen molar-refractivity contribution < 1.29 is 9.90 Å². The number of rotatable bonds is 3. The number of hydrogen-bond donors (Lipinski definition) is 1. The predicted molar refractivity (Wildman–Crippen MR) is 57.0 cm³/mol. The third kappa shape index (κ3) is 1.52. The highest BCUT2D eigenvalue weighted by Crippen LogP contribution is 2.24. The van der Waals surface area contributed by atoms with Gasteiger partial charge in [-0.15, -0.1) is 0 Å². The molecule has 0 saturated heterocycles. The number of nitrogens with zero attached hydrogens (tertiary/aromatic N) is 4. The van der Waals surface area contributed by atoms with Gasteiger partial charge in [-0.2, -0.15) is 5.10 Å². The highest BCUT2D eigenvalue weighted by Gasteiger charge is 2.22. The molecule has 0 aliphatic rings. The molecule has 0 aliphatic carbocycles. The molecule has 0 bridgehead atoms. The van der Waals surface area contributed by atoms with Gasteiger partial charge in [0.25, 0.3) is 0 Å². The molecule has 1 N–H and O–H groups in total. The molecule has 0 aromatic carbocycles. The zero-order chi connectivity index (χ0) is 11.7.